The molecule has 2 heterocycles. The van der Waals surface area contributed by atoms with Crippen LogP contribution in [0.3, 0.4) is 0 Å². The fourth-order valence-electron chi connectivity index (χ4n) is 2.76. The molecule has 0 unspecified atom stereocenters. The van der Waals surface area contributed by atoms with Gasteiger partial charge in [0, 0.05) is 29.7 Å². The summed E-state index contributed by atoms with van der Waals surface area (Å²) in [6, 6.07) is 19.0. The van der Waals surface area contributed by atoms with Crippen molar-refractivity contribution < 1.29 is 0 Å². The standard InChI is InChI=1S/C19H15N3/c1-2-6-19(22-11-10-20-14-22)17(4-1)12-15-7-8-16-5-3-9-21-18(16)13-15/h1-11,13-14H,12H2. The van der Waals surface area contributed by atoms with E-state index in [4.69, 9.17) is 0 Å². The average molecular weight is 285 g/mol. The number of hydrogen-bond acceptors (Lipinski definition) is 2. The third-order valence-electron chi connectivity index (χ3n) is 3.84. The number of rotatable bonds is 3. The van der Waals surface area contributed by atoms with Gasteiger partial charge in [-0.05, 0) is 35.7 Å². The van der Waals surface area contributed by atoms with Crippen LogP contribution in [0.5, 0.6) is 0 Å². The van der Waals surface area contributed by atoms with Crippen molar-refractivity contribution in [3.8, 4) is 5.69 Å². The minimum atomic E-state index is 0.876. The number of hydrogen-bond donors (Lipinski definition) is 0. The van der Waals surface area contributed by atoms with Crippen molar-refractivity contribution >= 4 is 10.9 Å². The SMILES string of the molecule is c1ccc(-n2ccnc2)c(Cc2ccc3cccnc3c2)c1. The molecular formula is C19H15N3. The Morgan fingerprint density at radius 2 is 1.86 bits per heavy atom. The molecule has 4 rings (SSSR count). The van der Waals surface area contributed by atoms with Crippen molar-refractivity contribution in [1.82, 2.24) is 14.5 Å². The Hall–Kier alpha value is -2.94. The van der Waals surface area contributed by atoms with Gasteiger partial charge in [0.1, 0.15) is 0 Å². The molecule has 0 saturated heterocycles. The minimum absolute atomic E-state index is 0.876. The van der Waals surface area contributed by atoms with Gasteiger partial charge in [0.05, 0.1) is 11.8 Å². The molecule has 0 amide bonds. The van der Waals surface area contributed by atoms with Crippen molar-refractivity contribution in [1.29, 1.82) is 0 Å². The Morgan fingerprint density at radius 1 is 0.909 bits per heavy atom. The van der Waals surface area contributed by atoms with Crippen molar-refractivity contribution in [2.75, 3.05) is 0 Å². The van der Waals surface area contributed by atoms with Crippen LogP contribution in [0.15, 0.2) is 79.5 Å². The minimum Gasteiger partial charge on any atom is -0.306 e. The fraction of sp³-hybridized carbons (Fsp3) is 0.0526. The molecule has 0 aliphatic carbocycles. The van der Waals surface area contributed by atoms with Gasteiger partial charge in [-0.25, -0.2) is 4.98 Å². The lowest BCUT2D eigenvalue weighted by Crippen LogP contribution is -1.98. The van der Waals surface area contributed by atoms with E-state index in [1.54, 1.807) is 6.20 Å². The molecule has 0 aliphatic rings. The van der Waals surface area contributed by atoms with Crippen LogP contribution in [0.1, 0.15) is 11.1 Å². The normalized spacial score (nSPS) is 10.9. The van der Waals surface area contributed by atoms with E-state index in [-0.39, 0.29) is 0 Å². The second-order valence-corrected chi connectivity index (χ2v) is 5.31. The molecule has 2 aromatic carbocycles. The lowest BCUT2D eigenvalue weighted by Gasteiger charge is -2.10. The Balaban J connectivity index is 1.73. The van der Waals surface area contributed by atoms with Crippen LogP contribution in [0.2, 0.25) is 0 Å². The predicted molar refractivity (Wildman–Crippen MR) is 88.1 cm³/mol. The number of pyridine rings is 1. The maximum absolute atomic E-state index is 4.44. The quantitative estimate of drug-likeness (QED) is 0.569. The highest BCUT2D eigenvalue weighted by Gasteiger charge is 2.05. The molecular weight excluding hydrogens is 270 g/mol. The van der Waals surface area contributed by atoms with Crippen LogP contribution in [-0.2, 0) is 6.42 Å². The molecule has 0 bridgehead atoms. The Kier molecular flexibility index (Phi) is 3.16. The third kappa shape index (κ3) is 2.37. The Labute approximate surface area is 128 Å². The molecule has 0 aliphatic heterocycles. The molecule has 0 atom stereocenters. The first-order valence-electron chi connectivity index (χ1n) is 7.30. The molecule has 0 saturated carbocycles. The number of benzene rings is 2. The van der Waals surface area contributed by atoms with E-state index in [0.717, 1.165) is 11.9 Å². The zero-order valence-electron chi connectivity index (χ0n) is 12.1. The van der Waals surface area contributed by atoms with Gasteiger partial charge in [-0.15, -0.1) is 0 Å². The number of nitrogens with zero attached hydrogens (tertiary/aromatic N) is 3. The zero-order chi connectivity index (χ0) is 14.8. The van der Waals surface area contributed by atoms with Crippen molar-refractivity contribution in [3.05, 3.63) is 90.6 Å². The highest BCUT2D eigenvalue weighted by atomic mass is 15.0. The van der Waals surface area contributed by atoms with Crippen LogP contribution in [0.25, 0.3) is 16.6 Å². The van der Waals surface area contributed by atoms with Crippen molar-refractivity contribution in [2.24, 2.45) is 0 Å². The van der Waals surface area contributed by atoms with Gasteiger partial charge in [0.25, 0.3) is 0 Å². The third-order valence-corrected chi connectivity index (χ3v) is 3.84. The summed E-state index contributed by atoms with van der Waals surface area (Å²) in [4.78, 5) is 8.58. The predicted octanol–water partition coefficient (Wildman–Crippen LogP) is 4.01. The number of aromatic nitrogens is 3. The van der Waals surface area contributed by atoms with Crippen LogP contribution >= 0.6 is 0 Å². The van der Waals surface area contributed by atoms with Crippen molar-refractivity contribution in [2.45, 2.75) is 6.42 Å². The lowest BCUT2D eigenvalue weighted by atomic mass is 10.0. The molecule has 106 valence electrons. The maximum Gasteiger partial charge on any atom is 0.0991 e. The molecule has 2 aromatic heterocycles. The summed E-state index contributed by atoms with van der Waals surface area (Å²) in [5.41, 5.74) is 4.75. The molecule has 0 radical (unpaired) electrons. The fourth-order valence-corrected chi connectivity index (χ4v) is 2.76. The number of fused-ring (bicyclic) bond motifs is 1. The second kappa shape index (κ2) is 5.45. The number of imidazole rings is 1. The van der Waals surface area contributed by atoms with E-state index < -0.39 is 0 Å². The van der Waals surface area contributed by atoms with Crippen LogP contribution in [0.4, 0.5) is 0 Å². The second-order valence-electron chi connectivity index (χ2n) is 5.31. The monoisotopic (exact) mass is 285 g/mol. The molecule has 0 fully saturated rings. The first-order chi connectivity index (χ1) is 10.9. The van der Waals surface area contributed by atoms with E-state index in [1.165, 1.54) is 22.2 Å². The summed E-state index contributed by atoms with van der Waals surface area (Å²) in [5, 5.41) is 1.18. The van der Waals surface area contributed by atoms with E-state index in [9.17, 15) is 0 Å². The first kappa shape index (κ1) is 12.8. The molecule has 0 N–H and O–H groups in total. The van der Waals surface area contributed by atoms with Gasteiger partial charge in [-0.2, -0.15) is 0 Å². The molecule has 4 aromatic rings. The van der Waals surface area contributed by atoms with Gasteiger partial charge in [-0.3, -0.25) is 4.98 Å². The van der Waals surface area contributed by atoms with Gasteiger partial charge >= 0.3 is 0 Å². The Bertz CT molecular complexity index is 911. The molecule has 22 heavy (non-hydrogen) atoms. The van der Waals surface area contributed by atoms with Crippen LogP contribution in [-0.4, -0.2) is 14.5 Å². The maximum atomic E-state index is 4.44. The lowest BCUT2D eigenvalue weighted by molar-refractivity contribution is 1.02. The highest BCUT2D eigenvalue weighted by molar-refractivity contribution is 5.79. The summed E-state index contributed by atoms with van der Waals surface area (Å²) < 4.78 is 2.05. The van der Waals surface area contributed by atoms with Gasteiger partial charge in [0.2, 0.25) is 0 Å². The van der Waals surface area contributed by atoms with Gasteiger partial charge in [-0.1, -0.05) is 36.4 Å². The summed E-state index contributed by atoms with van der Waals surface area (Å²) in [6.45, 7) is 0. The average Bonchev–Trinajstić information content (AvgIpc) is 3.10. The molecule has 3 nitrogen and oxygen atoms in total. The van der Waals surface area contributed by atoms with E-state index in [0.29, 0.717) is 0 Å². The van der Waals surface area contributed by atoms with Crippen LogP contribution in [0, 0.1) is 0 Å². The number of para-hydroxylation sites is 1. The van der Waals surface area contributed by atoms with Crippen LogP contribution < -0.4 is 0 Å². The Morgan fingerprint density at radius 3 is 2.77 bits per heavy atom. The van der Waals surface area contributed by atoms with E-state index in [2.05, 4.69) is 63.1 Å². The van der Waals surface area contributed by atoms with Crippen molar-refractivity contribution in [3.63, 3.8) is 0 Å². The summed E-state index contributed by atoms with van der Waals surface area (Å²) in [6.07, 6.45) is 8.32. The first-order valence-corrected chi connectivity index (χ1v) is 7.30. The molecule has 0 spiro atoms. The highest BCUT2D eigenvalue weighted by Crippen LogP contribution is 2.20. The largest absolute Gasteiger partial charge is 0.306 e. The summed E-state index contributed by atoms with van der Waals surface area (Å²) in [7, 11) is 0. The topological polar surface area (TPSA) is 30.7 Å². The van der Waals surface area contributed by atoms with E-state index >= 15 is 0 Å². The summed E-state index contributed by atoms with van der Waals surface area (Å²) >= 11 is 0. The zero-order valence-corrected chi connectivity index (χ0v) is 12.1. The van der Waals surface area contributed by atoms with Gasteiger partial charge in [0.15, 0.2) is 0 Å². The summed E-state index contributed by atoms with van der Waals surface area (Å²) in [5.74, 6) is 0. The van der Waals surface area contributed by atoms with Gasteiger partial charge < -0.3 is 4.57 Å². The van der Waals surface area contributed by atoms with E-state index in [1.807, 2.05) is 24.8 Å². The smallest absolute Gasteiger partial charge is 0.0991 e. The molecule has 3 heteroatoms.